The van der Waals surface area contributed by atoms with Crippen LogP contribution in [0, 0.1) is 0 Å². The van der Waals surface area contributed by atoms with Crippen molar-refractivity contribution in [3.05, 3.63) is 47.4 Å². The van der Waals surface area contributed by atoms with E-state index in [0.29, 0.717) is 23.8 Å². The van der Waals surface area contributed by atoms with Gasteiger partial charge in [0, 0.05) is 12.0 Å². The minimum atomic E-state index is -1.08. The first kappa shape index (κ1) is 13.2. The van der Waals surface area contributed by atoms with Gasteiger partial charge in [0.1, 0.15) is 17.5 Å². The van der Waals surface area contributed by atoms with Crippen molar-refractivity contribution in [3.8, 4) is 5.75 Å². The van der Waals surface area contributed by atoms with Gasteiger partial charge < -0.3 is 15.5 Å². The Morgan fingerprint density at radius 2 is 2.19 bits per heavy atom. The molecule has 1 atom stereocenters. The standard InChI is InChI=1S/C14H14N4O3/c1-2-12-16-14-15-9(13(20)21)7-10(18(14)17-12)8-5-3-4-6-11(8)19/h3-7,10,19H,2H2,1H3,(H,20,21)(H,15,16,17)/t10-/m0/s1. The van der Waals surface area contributed by atoms with Crippen molar-refractivity contribution in [1.29, 1.82) is 0 Å². The van der Waals surface area contributed by atoms with Crippen LogP contribution < -0.4 is 5.32 Å². The lowest BCUT2D eigenvalue weighted by atomic mass is 10.0. The van der Waals surface area contributed by atoms with Crippen molar-refractivity contribution in [2.24, 2.45) is 0 Å². The SMILES string of the molecule is CCc1nc2n(n1)[C@H](c1ccccc1O)C=C(C(=O)O)N2. The lowest BCUT2D eigenvalue weighted by molar-refractivity contribution is -0.132. The first-order valence-corrected chi connectivity index (χ1v) is 6.55. The van der Waals surface area contributed by atoms with Gasteiger partial charge in [0.25, 0.3) is 0 Å². The molecule has 0 saturated heterocycles. The zero-order chi connectivity index (χ0) is 15.0. The summed E-state index contributed by atoms with van der Waals surface area (Å²) in [5.74, 6) is -0.0226. The zero-order valence-electron chi connectivity index (χ0n) is 11.3. The summed E-state index contributed by atoms with van der Waals surface area (Å²) >= 11 is 0. The van der Waals surface area contributed by atoms with E-state index in [-0.39, 0.29) is 11.4 Å². The van der Waals surface area contributed by atoms with E-state index < -0.39 is 12.0 Å². The topological polar surface area (TPSA) is 100 Å². The zero-order valence-corrected chi connectivity index (χ0v) is 11.3. The number of allylic oxidation sites excluding steroid dienone is 1. The maximum absolute atomic E-state index is 11.3. The largest absolute Gasteiger partial charge is 0.508 e. The highest BCUT2D eigenvalue weighted by Gasteiger charge is 2.28. The molecule has 0 saturated carbocycles. The number of hydrogen-bond donors (Lipinski definition) is 3. The van der Waals surface area contributed by atoms with E-state index in [1.54, 1.807) is 28.9 Å². The van der Waals surface area contributed by atoms with Crippen LogP contribution in [-0.4, -0.2) is 30.9 Å². The van der Waals surface area contributed by atoms with E-state index >= 15 is 0 Å². The molecule has 0 fully saturated rings. The Hall–Kier alpha value is -2.83. The van der Waals surface area contributed by atoms with E-state index in [9.17, 15) is 15.0 Å². The average Bonchev–Trinajstić information content (AvgIpc) is 2.90. The number of carbonyl (C=O) groups is 1. The second-order valence-electron chi connectivity index (χ2n) is 4.66. The Morgan fingerprint density at radius 1 is 1.43 bits per heavy atom. The highest BCUT2D eigenvalue weighted by atomic mass is 16.4. The lowest BCUT2D eigenvalue weighted by Gasteiger charge is -2.22. The monoisotopic (exact) mass is 286 g/mol. The van der Waals surface area contributed by atoms with Crippen LogP contribution in [0.3, 0.4) is 0 Å². The number of carboxylic acid groups (broad SMARTS) is 1. The molecule has 7 heteroatoms. The summed E-state index contributed by atoms with van der Waals surface area (Å²) in [4.78, 5) is 15.5. The fourth-order valence-electron chi connectivity index (χ4n) is 2.27. The molecule has 0 spiro atoms. The summed E-state index contributed by atoms with van der Waals surface area (Å²) in [6.45, 7) is 1.92. The average molecular weight is 286 g/mol. The van der Waals surface area contributed by atoms with Gasteiger partial charge in [0.15, 0.2) is 5.82 Å². The van der Waals surface area contributed by atoms with Crippen molar-refractivity contribution in [3.63, 3.8) is 0 Å². The smallest absolute Gasteiger partial charge is 0.352 e. The molecule has 1 aromatic heterocycles. The maximum atomic E-state index is 11.3. The second kappa shape index (κ2) is 4.93. The van der Waals surface area contributed by atoms with E-state index in [1.807, 2.05) is 6.92 Å². The number of anilines is 1. The number of nitrogens with one attached hydrogen (secondary N) is 1. The van der Waals surface area contributed by atoms with Crippen molar-refractivity contribution >= 4 is 11.9 Å². The van der Waals surface area contributed by atoms with Crippen LogP contribution in [0.1, 0.15) is 24.4 Å². The van der Waals surface area contributed by atoms with Crippen molar-refractivity contribution < 1.29 is 15.0 Å². The van der Waals surface area contributed by atoms with E-state index in [2.05, 4.69) is 15.4 Å². The minimum Gasteiger partial charge on any atom is -0.508 e. The van der Waals surface area contributed by atoms with Crippen LogP contribution in [0.2, 0.25) is 0 Å². The Labute approximate surface area is 120 Å². The number of carboxylic acids is 1. The molecule has 2 aromatic rings. The summed E-state index contributed by atoms with van der Waals surface area (Å²) in [7, 11) is 0. The van der Waals surface area contributed by atoms with Gasteiger partial charge in [-0.2, -0.15) is 10.1 Å². The summed E-state index contributed by atoms with van der Waals surface area (Å²) in [6.07, 6.45) is 2.15. The van der Waals surface area contributed by atoms with E-state index in [4.69, 9.17) is 0 Å². The van der Waals surface area contributed by atoms with Crippen LogP contribution in [0.5, 0.6) is 5.75 Å². The molecule has 0 radical (unpaired) electrons. The number of phenolic OH excluding ortho intramolecular Hbond substituents is 1. The quantitative estimate of drug-likeness (QED) is 0.791. The molecule has 108 valence electrons. The molecule has 1 aliphatic rings. The molecule has 0 aliphatic carbocycles. The molecular weight excluding hydrogens is 272 g/mol. The first-order chi connectivity index (χ1) is 10.1. The molecule has 0 unspecified atom stereocenters. The number of para-hydroxylation sites is 1. The van der Waals surface area contributed by atoms with Crippen LogP contribution in [-0.2, 0) is 11.2 Å². The third-order valence-electron chi connectivity index (χ3n) is 3.31. The number of fused-ring (bicyclic) bond motifs is 1. The van der Waals surface area contributed by atoms with Gasteiger partial charge in [-0.25, -0.2) is 9.48 Å². The van der Waals surface area contributed by atoms with Crippen LogP contribution in [0.4, 0.5) is 5.95 Å². The summed E-state index contributed by atoms with van der Waals surface area (Å²) in [5.41, 5.74) is 0.595. The van der Waals surface area contributed by atoms with Gasteiger partial charge in [0.05, 0.1) is 0 Å². The maximum Gasteiger partial charge on any atom is 0.352 e. The molecular formula is C14H14N4O3. The molecule has 0 bridgehead atoms. The van der Waals surface area contributed by atoms with Crippen molar-refractivity contribution in [1.82, 2.24) is 14.8 Å². The molecule has 3 N–H and O–H groups in total. The van der Waals surface area contributed by atoms with Gasteiger partial charge in [0.2, 0.25) is 5.95 Å². The van der Waals surface area contributed by atoms with Crippen LogP contribution in [0.15, 0.2) is 36.0 Å². The number of aliphatic carboxylic acids is 1. The number of phenols is 1. The third-order valence-corrected chi connectivity index (χ3v) is 3.31. The highest BCUT2D eigenvalue weighted by molar-refractivity contribution is 5.90. The number of rotatable bonds is 3. The van der Waals surface area contributed by atoms with E-state index in [1.165, 1.54) is 6.08 Å². The Morgan fingerprint density at radius 3 is 2.86 bits per heavy atom. The number of aryl methyl sites for hydroxylation is 1. The Bertz CT molecular complexity index is 736. The van der Waals surface area contributed by atoms with Crippen LogP contribution in [0.25, 0.3) is 0 Å². The van der Waals surface area contributed by atoms with Gasteiger partial charge in [-0.3, -0.25) is 0 Å². The van der Waals surface area contributed by atoms with Crippen molar-refractivity contribution in [2.45, 2.75) is 19.4 Å². The second-order valence-corrected chi connectivity index (χ2v) is 4.66. The van der Waals surface area contributed by atoms with Crippen molar-refractivity contribution in [2.75, 3.05) is 5.32 Å². The van der Waals surface area contributed by atoms with Gasteiger partial charge >= 0.3 is 5.97 Å². The van der Waals surface area contributed by atoms with Crippen LogP contribution >= 0.6 is 0 Å². The number of benzene rings is 1. The minimum absolute atomic E-state index is 0.0193. The number of aromatic hydroxyl groups is 1. The number of aromatic nitrogens is 3. The first-order valence-electron chi connectivity index (χ1n) is 6.55. The van der Waals surface area contributed by atoms with Gasteiger partial charge in [-0.05, 0) is 12.1 Å². The summed E-state index contributed by atoms with van der Waals surface area (Å²) in [5, 5.41) is 26.3. The highest BCUT2D eigenvalue weighted by Crippen LogP contribution is 2.33. The predicted molar refractivity (Wildman–Crippen MR) is 75.0 cm³/mol. The van der Waals surface area contributed by atoms with E-state index in [0.717, 1.165) is 0 Å². The molecule has 7 nitrogen and oxygen atoms in total. The van der Waals surface area contributed by atoms with Gasteiger partial charge in [-0.15, -0.1) is 0 Å². The third kappa shape index (κ3) is 2.22. The predicted octanol–water partition coefficient (Wildman–Crippen LogP) is 1.53. The fraction of sp³-hybridized carbons (Fsp3) is 0.214. The Kier molecular flexibility index (Phi) is 3.09. The molecule has 1 aliphatic heterocycles. The number of hydrogen-bond acceptors (Lipinski definition) is 5. The normalized spacial score (nSPS) is 16.8. The summed E-state index contributed by atoms with van der Waals surface area (Å²) in [6, 6.07) is 6.27. The fourth-order valence-corrected chi connectivity index (χ4v) is 2.27. The molecule has 0 amide bonds. The molecule has 3 rings (SSSR count). The molecule has 1 aromatic carbocycles. The Balaban J connectivity index is 2.15. The number of nitrogens with zero attached hydrogens (tertiary/aromatic N) is 3. The lowest BCUT2D eigenvalue weighted by Crippen LogP contribution is -2.24. The summed E-state index contributed by atoms with van der Waals surface area (Å²) < 4.78 is 1.58. The molecule has 2 heterocycles. The van der Waals surface area contributed by atoms with Gasteiger partial charge in [-0.1, -0.05) is 25.1 Å². The molecule has 21 heavy (non-hydrogen) atoms.